The predicted molar refractivity (Wildman–Crippen MR) is 77.2 cm³/mol. The fourth-order valence-electron chi connectivity index (χ4n) is 1.99. The normalized spacial score (nSPS) is 10.5. The Morgan fingerprint density at radius 2 is 2.10 bits per heavy atom. The van der Waals surface area contributed by atoms with Gasteiger partial charge in [0.2, 0.25) is 5.88 Å². The van der Waals surface area contributed by atoms with Crippen LogP contribution < -0.4 is 4.74 Å². The highest BCUT2D eigenvalue weighted by Crippen LogP contribution is 2.36. The van der Waals surface area contributed by atoms with Gasteiger partial charge in [-0.05, 0) is 24.6 Å². The molecule has 0 unspecified atom stereocenters. The highest BCUT2D eigenvalue weighted by molar-refractivity contribution is 6.30. The first kappa shape index (κ1) is 15.2. The number of aryl methyl sites for hydroxylation is 1. The number of hydrogen-bond donors (Lipinski definition) is 0. The Balaban J connectivity index is 2.75. The number of aromatic nitrogens is 1. The minimum atomic E-state index is -0.557. The molecule has 0 fully saturated rings. The van der Waals surface area contributed by atoms with Crippen LogP contribution in [0.1, 0.15) is 12.6 Å². The van der Waals surface area contributed by atoms with Crippen molar-refractivity contribution in [2.24, 2.45) is 0 Å². The monoisotopic (exact) mass is 310 g/mol. The lowest BCUT2D eigenvalue weighted by atomic mass is 10.0. The highest BCUT2D eigenvalue weighted by Gasteiger charge is 2.22. The second-order valence-corrected chi connectivity index (χ2v) is 4.68. The Kier molecular flexibility index (Phi) is 4.37. The van der Waals surface area contributed by atoms with Gasteiger partial charge in [-0.1, -0.05) is 18.5 Å². The Hall–Kier alpha value is -2.21. The largest absolute Gasteiger partial charge is 0.481 e. The van der Waals surface area contributed by atoms with Gasteiger partial charge >= 0.3 is 0 Å². The van der Waals surface area contributed by atoms with Gasteiger partial charge in [0.15, 0.2) is 0 Å². The average molecular weight is 311 g/mol. The van der Waals surface area contributed by atoms with Crippen LogP contribution in [-0.2, 0) is 6.42 Å². The van der Waals surface area contributed by atoms with Crippen molar-refractivity contribution in [3.8, 4) is 17.0 Å². The zero-order valence-corrected chi connectivity index (χ0v) is 12.1. The van der Waals surface area contributed by atoms with E-state index >= 15 is 0 Å². The van der Waals surface area contributed by atoms with Gasteiger partial charge in [-0.25, -0.2) is 9.37 Å². The quantitative estimate of drug-likeness (QED) is 0.632. The summed E-state index contributed by atoms with van der Waals surface area (Å²) in [6, 6.07) is 5.23. The summed E-state index contributed by atoms with van der Waals surface area (Å²) in [4.78, 5) is 14.7. The summed E-state index contributed by atoms with van der Waals surface area (Å²) >= 11 is 5.86. The number of benzene rings is 1. The maximum absolute atomic E-state index is 14.0. The molecule has 0 aliphatic rings. The molecule has 0 atom stereocenters. The topological polar surface area (TPSA) is 65.3 Å². The third-order valence-corrected chi connectivity index (χ3v) is 3.22. The molecule has 1 heterocycles. The average Bonchev–Trinajstić information content (AvgIpc) is 2.48. The standard InChI is InChI=1S/C14H12ClFN2O3/c1-3-12-13(18(19)20)7-10(14(17-12)21-2)9-6-8(15)4-5-11(9)16/h4-7H,3H2,1-2H3. The van der Waals surface area contributed by atoms with Crippen molar-refractivity contribution >= 4 is 17.3 Å². The zero-order valence-electron chi connectivity index (χ0n) is 11.4. The van der Waals surface area contributed by atoms with Crippen LogP contribution in [0.4, 0.5) is 10.1 Å². The molecule has 2 aromatic rings. The summed E-state index contributed by atoms with van der Waals surface area (Å²) in [6.45, 7) is 1.74. The molecule has 5 nitrogen and oxygen atoms in total. The van der Waals surface area contributed by atoms with E-state index in [1.54, 1.807) is 6.92 Å². The third kappa shape index (κ3) is 2.95. The van der Waals surface area contributed by atoms with Gasteiger partial charge in [0.25, 0.3) is 5.69 Å². The number of halogens is 2. The van der Waals surface area contributed by atoms with Gasteiger partial charge in [0, 0.05) is 16.7 Å². The second kappa shape index (κ2) is 6.05. The molecule has 0 bridgehead atoms. The van der Waals surface area contributed by atoms with E-state index in [1.807, 2.05) is 0 Å². The van der Waals surface area contributed by atoms with Gasteiger partial charge in [0.05, 0.1) is 17.6 Å². The Morgan fingerprint density at radius 3 is 2.67 bits per heavy atom. The van der Waals surface area contributed by atoms with Crippen molar-refractivity contribution in [1.82, 2.24) is 4.98 Å². The summed E-state index contributed by atoms with van der Waals surface area (Å²) in [5, 5.41) is 11.4. The van der Waals surface area contributed by atoms with Crippen LogP contribution in [0.5, 0.6) is 5.88 Å². The summed E-state index contributed by atoms with van der Waals surface area (Å²) in [5.74, 6) is -0.434. The molecule has 0 N–H and O–H groups in total. The van der Waals surface area contributed by atoms with Crippen LogP contribution in [0.2, 0.25) is 5.02 Å². The fourth-order valence-corrected chi connectivity index (χ4v) is 2.16. The predicted octanol–water partition coefficient (Wildman–Crippen LogP) is 4.02. The second-order valence-electron chi connectivity index (χ2n) is 4.25. The molecular formula is C14H12ClFN2O3. The van der Waals surface area contributed by atoms with Crippen molar-refractivity contribution in [3.63, 3.8) is 0 Å². The lowest BCUT2D eigenvalue weighted by Gasteiger charge is -2.11. The molecule has 0 aliphatic carbocycles. The highest BCUT2D eigenvalue weighted by atomic mass is 35.5. The van der Waals surface area contributed by atoms with E-state index < -0.39 is 10.7 Å². The first-order chi connectivity index (χ1) is 9.97. The molecule has 0 radical (unpaired) electrons. The van der Waals surface area contributed by atoms with Crippen LogP contribution in [0.15, 0.2) is 24.3 Å². The van der Waals surface area contributed by atoms with E-state index in [-0.39, 0.29) is 28.4 Å². The van der Waals surface area contributed by atoms with E-state index in [9.17, 15) is 14.5 Å². The molecule has 0 spiro atoms. The molecule has 2 rings (SSSR count). The summed E-state index contributed by atoms with van der Waals surface area (Å²) in [7, 11) is 1.37. The molecular weight excluding hydrogens is 299 g/mol. The van der Waals surface area contributed by atoms with Crippen LogP contribution >= 0.6 is 11.6 Å². The van der Waals surface area contributed by atoms with E-state index in [4.69, 9.17) is 16.3 Å². The van der Waals surface area contributed by atoms with E-state index in [0.717, 1.165) is 0 Å². The van der Waals surface area contributed by atoms with Crippen LogP contribution in [0.25, 0.3) is 11.1 Å². The van der Waals surface area contributed by atoms with E-state index in [1.165, 1.54) is 31.4 Å². The maximum Gasteiger partial charge on any atom is 0.291 e. The van der Waals surface area contributed by atoms with Gasteiger partial charge in [-0.3, -0.25) is 10.1 Å². The van der Waals surface area contributed by atoms with Crippen molar-refractivity contribution in [3.05, 3.63) is 50.9 Å². The Labute approximate surface area is 125 Å². The first-order valence-electron chi connectivity index (χ1n) is 6.15. The first-order valence-corrected chi connectivity index (χ1v) is 6.53. The number of methoxy groups -OCH3 is 1. The Bertz CT molecular complexity index is 707. The van der Waals surface area contributed by atoms with Crippen LogP contribution in [0.3, 0.4) is 0 Å². The molecule has 21 heavy (non-hydrogen) atoms. The van der Waals surface area contributed by atoms with Crippen molar-refractivity contribution in [2.75, 3.05) is 7.11 Å². The van der Waals surface area contributed by atoms with Crippen LogP contribution in [0, 0.1) is 15.9 Å². The molecule has 0 saturated heterocycles. The molecule has 1 aromatic carbocycles. The number of pyridine rings is 1. The number of nitrogens with zero attached hydrogens (tertiary/aromatic N) is 2. The number of ether oxygens (including phenoxy) is 1. The number of hydrogen-bond acceptors (Lipinski definition) is 4. The molecule has 1 aromatic heterocycles. The van der Waals surface area contributed by atoms with E-state index in [0.29, 0.717) is 11.4 Å². The number of rotatable bonds is 4. The minimum absolute atomic E-state index is 0.109. The van der Waals surface area contributed by atoms with Gasteiger partial charge in [-0.2, -0.15) is 0 Å². The molecule has 0 saturated carbocycles. The molecule has 110 valence electrons. The van der Waals surface area contributed by atoms with Gasteiger partial charge in [0.1, 0.15) is 11.5 Å². The minimum Gasteiger partial charge on any atom is -0.481 e. The molecule has 7 heteroatoms. The maximum atomic E-state index is 14.0. The third-order valence-electron chi connectivity index (χ3n) is 2.99. The molecule has 0 aliphatic heterocycles. The van der Waals surface area contributed by atoms with E-state index in [2.05, 4.69) is 4.98 Å². The Morgan fingerprint density at radius 1 is 1.38 bits per heavy atom. The lowest BCUT2D eigenvalue weighted by molar-refractivity contribution is -0.385. The van der Waals surface area contributed by atoms with Crippen LogP contribution in [-0.4, -0.2) is 17.0 Å². The summed E-state index contributed by atoms with van der Waals surface area (Å²) < 4.78 is 19.1. The molecule has 0 amide bonds. The van der Waals surface area contributed by atoms with Gasteiger partial charge in [-0.15, -0.1) is 0 Å². The smallest absolute Gasteiger partial charge is 0.291 e. The lowest BCUT2D eigenvalue weighted by Crippen LogP contribution is -2.02. The van der Waals surface area contributed by atoms with Gasteiger partial charge < -0.3 is 4.74 Å². The number of nitro groups is 1. The zero-order chi connectivity index (χ0) is 15.6. The van der Waals surface area contributed by atoms with Crippen molar-refractivity contribution in [1.29, 1.82) is 0 Å². The summed E-state index contributed by atoms with van der Waals surface area (Å²) in [5.41, 5.74) is 0.412. The fraction of sp³-hybridized carbons (Fsp3) is 0.214. The SMILES string of the molecule is CCc1nc(OC)c(-c2cc(Cl)ccc2F)cc1[N+](=O)[O-]. The van der Waals surface area contributed by atoms with Crippen molar-refractivity contribution in [2.45, 2.75) is 13.3 Å². The van der Waals surface area contributed by atoms with Crippen molar-refractivity contribution < 1.29 is 14.1 Å². The summed E-state index contributed by atoms with van der Waals surface area (Å²) in [6.07, 6.45) is 0.366.